The molecule has 4 heteroatoms. The van der Waals surface area contributed by atoms with Gasteiger partial charge in [-0.1, -0.05) is 78.0 Å². The molecule has 1 aromatic heterocycles. The number of anilines is 1. The Bertz CT molecular complexity index is 990. The van der Waals surface area contributed by atoms with Gasteiger partial charge in [0, 0.05) is 24.7 Å². The van der Waals surface area contributed by atoms with Gasteiger partial charge in [-0.25, -0.2) is 0 Å². The summed E-state index contributed by atoms with van der Waals surface area (Å²) in [5.74, 6) is 0.658. The molecule has 0 atom stereocenters. The minimum Gasteiger partial charge on any atom is -0.395 e. The molecule has 0 aliphatic rings. The van der Waals surface area contributed by atoms with Crippen LogP contribution in [0.1, 0.15) is 5.56 Å². The fourth-order valence-corrected chi connectivity index (χ4v) is 3.18. The molecule has 130 valence electrons. The Balaban J connectivity index is 1.65. The van der Waals surface area contributed by atoms with E-state index in [1.807, 2.05) is 53.4 Å². The predicted molar refractivity (Wildman–Crippen MR) is 104 cm³/mol. The van der Waals surface area contributed by atoms with Crippen LogP contribution in [0.3, 0.4) is 0 Å². The van der Waals surface area contributed by atoms with Gasteiger partial charge in [-0.3, -0.25) is 0 Å². The van der Waals surface area contributed by atoms with E-state index in [9.17, 15) is 5.11 Å². The van der Waals surface area contributed by atoms with Gasteiger partial charge < -0.3 is 14.5 Å². The first-order valence-electron chi connectivity index (χ1n) is 8.70. The molecule has 0 aliphatic carbocycles. The van der Waals surface area contributed by atoms with Crippen LogP contribution >= 0.6 is 0 Å². The second-order valence-electron chi connectivity index (χ2n) is 6.20. The Morgan fingerprint density at radius 1 is 0.885 bits per heavy atom. The molecule has 26 heavy (non-hydrogen) atoms. The molecule has 4 aromatic rings. The van der Waals surface area contributed by atoms with Crippen LogP contribution in [0.2, 0.25) is 0 Å². The van der Waals surface area contributed by atoms with E-state index >= 15 is 0 Å². The Kier molecular flexibility index (Phi) is 4.67. The van der Waals surface area contributed by atoms with E-state index in [0.717, 1.165) is 11.3 Å². The van der Waals surface area contributed by atoms with Crippen LogP contribution in [0, 0.1) is 0 Å². The summed E-state index contributed by atoms with van der Waals surface area (Å²) in [5.41, 5.74) is 2.99. The highest BCUT2D eigenvalue weighted by molar-refractivity contribution is 5.85. The summed E-state index contributed by atoms with van der Waals surface area (Å²) in [6.07, 6.45) is 0. The summed E-state index contributed by atoms with van der Waals surface area (Å²) in [5, 5.41) is 16.1. The van der Waals surface area contributed by atoms with E-state index < -0.39 is 0 Å². The maximum Gasteiger partial charge on any atom is 0.228 e. The Hall–Kier alpha value is -3.11. The van der Waals surface area contributed by atoms with Gasteiger partial charge in [0.05, 0.1) is 6.61 Å². The van der Waals surface area contributed by atoms with Crippen LogP contribution in [-0.2, 0) is 6.54 Å². The third-order valence-electron chi connectivity index (χ3n) is 4.49. The average molecular weight is 344 g/mol. The number of hydrogen-bond donors (Lipinski definition) is 1. The molecule has 0 fully saturated rings. The lowest BCUT2D eigenvalue weighted by Crippen LogP contribution is -2.25. The van der Waals surface area contributed by atoms with Crippen molar-refractivity contribution in [2.75, 3.05) is 18.1 Å². The smallest absolute Gasteiger partial charge is 0.228 e. The highest BCUT2D eigenvalue weighted by Gasteiger charge is 2.15. The van der Waals surface area contributed by atoms with Crippen LogP contribution in [-0.4, -0.2) is 23.4 Å². The molecule has 3 aromatic carbocycles. The number of benzene rings is 3. The molecule has 0 spiro atoms. The Labute approximate surface area is 152 Å². The van der Waals surface area contributed by atoms with Crippen molar-refractivity contribution in [2.45, 2.75) is 6.54 Å². The lowest BCUT2D eigenvalue weighted by Gasteiger charge is -2.21. The second kappa shape index (κ2) is 7.42. The number of rotatable bonds is 6. The zero-order valence-corrected chi connectivity index (χ0v) is 14.4. The van der Waals surface area contributed by atoms with Gasteiger partial charge in [0.25, 0.3) is 0 Å². The number of aromatic nitrogens is 1. The predicted octanol–water partition coefficient (Wildman–Crippen LogP) is 4.49. The van der Waals surface area contributed by atoms with Crippen molar-refractivity contribution in [3.05, 3.63) is 84.4 Å². The van der Waals surface area contributed by atoms with E-state index in [1.54, 1.807) is 0 Å². The van der Waals surface area contributed by atoms with Gasteiger partial charge in [0.15, 0.2) is 0 Å². The molecular weight excluding hydrogens is 324 g/mol. The molecule has 0 bridgehead atoms. The summed E-state index contributed by atoms with van der Waals surface area (Å²) in [4.78, 5) is 2.02. The molecule has 0 radical (unpaired) electrons. The molecule has 0 aliphatic heterocycles. The SMILES string of the molecule is OCCN(Cc1cccc2ccccc12)c1cc(-c2ccccc2)no1. The first kappa shape index (κ1) is 16.4. The molecular formula is C22H20N2O2. The number of nitrogens with zero attached hydrogens (tertiary/aromatic N) is 2. The largest absolute Gasteiger partial charge is 0.395 e. The van der Waals surface area contributed by atoms with Crippen molar-refractivity contribution in [3.8, 4) is 11.3 Å². The van der Waals surface area contributed by atoms with Crippen molar-refractivity contribution < 1.29 is 9.63 Å². The monoisotopic (exact) mass is 344 g/mol. The molecule has 0 amide bonds. The fraction of sp³-hybridized carbons (Fsp3) is 0.136. The fourth-order valence-electron chi connectivity index (χ4n) is 3.18. The third-order valence-corrected chi connectivity index (χ3v) is 4.49. The van der Waals surface area contributed by atoms with Crippen molar-refractivity contribution in [2.24, 2.45) is 0 Å². The van der Waals surface area contributed by atoms with Crippen molar-refractivity contribution >= 4 is 16.7 Å². The molecule has 0 saturated carbocycles. The number of hydrogen-bond acceptors (Lipinski definition) is 4. The summed E-state index contributed by atoms with van der Waals surface area (Å²) in [7, 11) is 0. The Morgan fingerprint density at radius 2 is 1.65 bits per heavy atom. The van der Waals surface area contributed by atoms with Gasteiger partial charge in [-0.2, -0.15) is 0 Å². The van der Waals surface area contributed by atoms with Crippen LogP contribution < -0.4 is 4.90 Å². The van der Waals surface area contributed by atoms with E-state index in [-0.39, 0.29) is 6.61 Å². The van der Waals surface area contributed by atoms with Crippen molar-refractivity contribution in [1.29, 1.82) is 0 Å². The highest BCUT2D eigenvalue weighted by atomic mass is 16.5. The number of fused-ring (bicyclic) bond motifs is 1. The molecule has 1 heterocycles. The standard InChI is InChI=1S/C22H20N2O2/c25-14-13-24(16-19-11-6-10-17-7-4-5-12-20(17)19)22-15-21(23-26-22)18-8-2-1-3-9-18/h1-12,15,25H,13-14,16H2. The maximum absolute atomic E-state index is 9.51. The van der Waals surface area contributed by atoms with Gasteiger partial charge in [-0.05, 0) is 16.3 Å². The van der Waals surface area contributed by atoms with Gasteiger partial charge in [0.1, 0.15) is 5.69 Å². The Morgan fingerprint density at radius 3 is 2.50 bits per heavy atom. The van der Waals surface area contributed by atoms with Crippen LogP contribution in [0.4, 0.5) is 5.88 Å². The topological polar surface area (TPSA) is 49.5 Å². The van der Waals surface area contributed by atoms with Crippen molar-refractivity contribution in [3.63, 3.8) is 0 Å². The maximum atomic E-state index is 9.51. The van der Waals surface area contributed by atoms with E-state index in [2.05, 4.69) is 35.5 Å². The van der Waals surface area contributed by atoms with Crippen LogP contribution in [0.5, 0.6) is 0 Å². The summed E-state index contributed by atoms with van der Waals surface area (Å²) in [6.45, 7) is 1.17. The quantitative estimate of drug-likeness (QED) is 0.560. The van der Waals surface area contributed by atoms with E-state index in [4.69, 9.17) is 4.52 Å². The van der Waals surface area contributed by atoms with Gasteiger partial charge in [0.2, 0.25) is 5.88 Å². The first-order chi connectivity index (χ1) is 12.8. The minimum absolute atomic E-state index is 0.0478. The van der Waals surface area contributed by atoms with Crippen molar-refractivity contribution in [1.82, 2.24) is 5.16 Å². The number of aliphatic hydroxyl groups excluding tert-OH is 1. The average Bonchev–Trinajstić information content (AvgIpc) is 3.19. The zero-order chi connectivity index (χ0) is 17.8. The summed E-state index contributed by atoms with van der Waals surface area (Å²) < 4.78 is 5.58. The number of aliphatic hydroxyl groups is 1. The van der Waals surface area contributed by atoms with Crippen LogP contribution in [0.25, 0.3) is 22.0 Å². The lowest BCUT2D eigenvalue weighted by molar-refractivity contribution is 0.296. The van der Waals surface area contributed by atoms with E-state index in [1.165, 1.54) is 16.3 Å². The minimum atomic E-state index is 0.0478. The molecule has 1 N–H and O–H groups in total. The molecule has 4 rings (SSSR count). The second-order valence-corrected chi connectivity index (χ2v) is 6.20. The van der Waals surface area contributed by atoms with E-state index in [0.29, 0.717) is 19.0 Å². The zero-order valence-electron chi connectivity index (χ0n) is 14.4. The molecule has 0 unspecified atom stereocenters. The van der Waals surface area contributed by atoms with Gasteiger partial charge in [-0.15, -0.1) is 0 Å². The highest BCUT2D eigenvalue weighted by Crippen LogP contribution is 2.27. The van der Waals surface area contributed by atoms with Crippen LogP contribution in [0.15, 0.2) is 83.4 Å². The van der Waals surface area contributed by atoms with Gasteiger partial charge >= 0.3 is 0 Å². The third kappa shape index (κ3) is 3.32. The molecule has 0 saturated heterocycles. The normalized spacial score (nSPS) is 11.0. The summed E-state index contributed by atoms with van der Waals surface area (Å²) >= 11 is 0. The molecule has 4 nitrogen and oxygen atoms in total. The lowest BCUT2D eigenvalue weighted by atomic mass is 10.0. The summed E-state index contributed by atoms with van der Waals surface area (Å²) in [6, 6.07) is 26.5. The first-order valence-corrected chi connectivity index (χ1v) is 8.70.